The smallest absolute Gasteiger partial charge is 0.156 e. The van der Waals surface area contributed by atoms with Crippen molar-refractivity contribution in [3.05, 3.63) is 23.8 Å². The lowest BCUT2D eigenvalue weighted by atomic mass is 9.48. The molecule has 0 saturated heterocycles. The number of rotatable bonds is 5. The van der Waals surface area contributed by atoms with Crippen LogP contribution in [0.25, 0.3) is 0 Å². The van der Waals surface area contributed by atoms with E-state index < -0.39 is 19.6 Å². The highest BCUT2D eigenvalue weighted by Gasteiger charge is 2.58. The fourth-order valence-corrected chi connectivity index (χ4v) is 7.77. The SMILES string of the molecule is [2H]C([2H])([2H])C([2H])(CCC[C@@H](C)[C@H]1CC[C@H]2[C@@H]3C=CC4=CC(=O)CC[C@]4(C)[C@H]3CC[C@]12C)C([2H])([2H])[2H]. The maximum absolute atomic E-state index is 12.0. The molecule has 0 spiro atoms. The molecule has 2 saturated carbocycles. The van der Waals surface area contributed by atoms with E-state index in [1.165, 1.54) is 24.8 Å². The van der Waals surface area contributed by atoms with E-state index in [0.29, 0.717) is 42.4 Å². The molecule has 4 rings (SSSR count). The van der Waals surface area contributed by atoms with Crippen molar-refractivity contribution in [2.24, 2.45) is 46.3 Å². The Morgan fingerprint density at radius 3 is 2.79 bits per heavy atom. The molecule has 2 fully saturated rings. The molecule has 28 heavy (non-hydrogen) atoms. The van der Waals surface area contributed by atoms with Gasteiger partial charge in [0, 0.05) is 16.0 Å². The third-order valence-electron chi connectivity index (χ3n) is 9.36. The van der Waals surface area contributed by atoms with E-state index >= 15 is 0 Å². The highest BCUT2D eigenvalue weighted by Crippen LogP contribution is 2.66. The average molecular weight is 390 g/mol. The first-order valence-corrected chi connectivity index (χ1v) is 11.5. The van der Waals surface area contributed by atoms with Crippen LogP contribution in [0.1, 0.15) is 102 Å². The van der Waals surface area contributed by atoms with Gasteiger partial charge >= 0.3 is 0 Å². The van der Waals surface area contributed by atoms with E-state index in [1.807, 2.05) is 6.08 Å². The Hall–Kier alpha value is -0.850. The van der Waals surface area contributed by atoms with E-state index in [9.17, 15) is 4.79 Å². The van der Waals surface area contributed by atoms with Crippen LogP contribution in [-0.2, 0) is 4.79 Å². The summed E-state index contributed by atoms with van der Waals surface area (Å²) in [6.07, 6.45) is 13.9. The normalized spacial score (nSPS) is 48.3. The molecule has 0 heterocycles. The fraction of sp³-hybridized carbons (Fsp3) is 0.815. The standard InChI is InChI=1S/C27H42O/c1-18(2)7-6-8-19(3)23-11-12-24-22-10-9-20-17-21(28)13-15-26(20,4)25(22)14-16-27(23,24)5/h9-10,17-19,22-25H,6-8,11-16H2,1-5H3/t19-,22+,23-,24+,25+,26+,27-/m1/s1/i1D3,2D3,18D. The Morgan fingerprint density at radius 2 is 2.00 bits per heavy atom. The lowest BCUT2D eigenvalue weighted by Gasteiger charge is -2.56. The minimum absolute atomic E-state index is 0.0976. The van der Waals surface area contributed by atoms with Gasteiger partial charge in [-0.3, -0.25) is 4.79 Å². The van der Waals surface area contributed by atoms with Crippen molar-refractivity contribution in [3.63, 3.8) is 0 Å². The Morgan fingerprint density at radius 1 is 1.18 bits per heavy atom. The van der Waals surface area contributed by atoms with Crippen LogP contribution in [0.3, 0.4) is 0 Å². The largest absolute Gasteiger partial charge is 0.295 e. The topological polar surface area (TPSA) is 17.1 Å². The second kappa shape index (κ2) is 7.44. The summed E-state index contributed by atoms with van der Waals surface area (Å²) in [4.78, 5) is 12.0. The molecule has 0 aliphatic heterocycles. The van der Waals surface area contributed by atoms with Gasteiger partial charge in [0.2, 0.25) is 0 Å². The third-order valence-corrected chi connectivity index (χ3v) is 9.36. The van der Waals surface area contributed by atoms with E-state index in [2.05, 4.69) is 32.9 Å². The molecule has 156 valence electrons. The van der Waals surface area contributed by atoms with Crippen molar-refractivity contribution in [1.82, 2.24) is 0 Å². The summed E-state index contributed by atoms with van der Waals surface area (Å²) in [5.41, 5.74) is 1.54. The molecule has 0 bridgehead atoms. The van der Waals surface area contributed by atoms with Crippen molar-refractivity contribution >= 4 is 5.78 Å². The predicted molar refractivity (Wildman–Crippen MR) is 118 cm³/mol. The van der Waals surface area contributed by atoms with Crippen LogP contribution in [0, 0.1) is 46.3 Å². The van der Waals surface area contributed by atoms with Crippen molar-refractivity contribution in [3.8, 4) is 0 Å². The zero-order valence-corrected chi connectivity index (χ0v) is 17.9. The Bertz CT molecular complexity index is 886. The number of ketones is 1. The summed E-state index contributed by atoms with van der Waals surface area (Å²) < 4.78 is 54.4. The Labute approximate surface area is 183 Å². The van der Waals surface area contributed by atoms with E-state index in [-0.39, 0.29) is 23.0 Å². The first-order valence-electron chi connectivity index (χ1n) is 15.0. The van der Waals surface area contributed by atoms with Gasteiger partial charge < -0.3 is 0 Å². The lowest BCUT2D eigenvalue weighted by Crippen LogP contribution is -2.49. The van der Waals surface area contributed by atoms with Crippen molar-refractivity contribution in [1.29, 1.82) is 0 Å². The van der Waals surface area contributed by atoms with E-state index in [4.69, 9.17) is 9.60 Å². The summed E-state index contributed by atoms with van der Waals surface area (Å²) in [6, 6.07) is 0. The zero-order valence-electron chi connectivity index (χ0n) is 24.9. The van der Waals surface area contributed by atoms with Crippen molar-refractivity contribution in [2.75, 3.05) is 0 Å². The van der Waals surface area contributed by atoms with Gasteiger partial charge in [0.25, 0.3) is 0 Å². The molecular weight excluding hydrogens is 340 g/mol. The number of carbonyl (C=O) groups excluding carboxylic acids is 1. The molecule has 0 radical (unpaired) electrons. The van der Waals surface area contributed by atoms with Crippen LogP contribution in [-0.4, -0.2) is 5.78 Å². The second-order valence-corrected chi connectivity index (χ2v) is 10.7. The summed E-state index contributed by atoms with van der Waals surface area (Å²) >= 11 is 0. The number of allylic oxidation sites excluding steroid dienone is 4. The van der Waals surface area contributed by atoms with Crippen LogP contribution < -0.4 is 0 Å². The molecule has 7 atom stereocenters. The Kier molecular flexibility index (Phi) is 3.57. The van der Waals surface area contributed by atoms with Gasteiger partial charge in [-0.2, -0.15) is 0 Å². The Balaban J connectivity index is 1.46. The van der Waals surface area contributed by atoms with Gasteiger partial charge in [-0.1, -0.05) is 65.9 Å². The third kappa shape index (κ3) is 3.25. The maximum atomic E-state index is 12.0. The van der Waals surface area contributed by atoms with Crippen LogP contribution in [0.15, 0.2) is 23.8 Å². The maximum Gasteiger partial charge on any atom is 0.156 e. The van der Waals surface area contributed by atoms with Crippen LogP contribution in [0.2, 0.25) is 0 Å². The van der Waals surface area contributed by atoms with Gasteiger partial charge in [-0.25, -0.2) is 0 Å². The highest BCUT2D eigenvalue weighted by molar-refractivity contribution is 5.92. The molecule has 0 unspecified atom stereocenters. The number of hydrogen-bond donors (Lipinski definition) is 0. The number of fused-ring (bicyclic) bond motifs is 5. The lowest BCUT2D eigenvalue weighted by molar-refractivity contribution is -0.116. The molecular formula is C27H42O. The molecule has 1 heteroatoms. The number of hydrogen-bond acceptors (Lipinski definition) is 1. The number of carbonyl (C=O) groups is 1. The van der Waals surface area contributed by atoms with E-state index in [1.54, 1.807) is 0 Å². The first-order chi connectivity index (χ1) is 16.0. The summed E-state index contributed by atoms with van der Waals surface area (Å²) in [5, 5.41) is 0. The minimum Gasteiger partial charge on any atom is -0.295 e. The molecule has 0 aromatic rings. The molecule has 0 aromatic carbocycles. The highest BCUT2D eigenvalue weighted by atomic mass is 16.1. The van der Waals surface area contributed by atoms with Crippen molar-refractivity contribution in [2.45, 2.75) is 92.3 Å². The second-order valence-electron chi connectivity index (χ2n) is 10.7. The predicted octanol–water partition coefficient (Wildman–Crippen LogP) is 7.37. The van der Waals surface area contributed by atoms with Crippen molar-refractivity contribution < 1.29 is 14.4 Å². The van der Waals surface area contributed by atoms with Gasteiger partial charge in [-0.15, -0.1) is 0 Å². The van der Waals surface area contributed by atoms with Gasteiger partial charge in [0.05, 0.1) is 0 Å². The molecule has 1 nitrogen and oxygen atoms in total. The summed E-state index contributed by atoms with van der Waals surface area (Å²) in [6.45, 7) is 1.41. The van der Waals surface area contributed by atoms with Gasteiger partial charge in [-0.05, 0) is 90.1 Å². The van der Waals surface area contributed by atoms with Gasteiger partial charge in [0.1, 0.15) is 0 Å². The fourth-order valence-electron chi connectivity index (χ4n) is 7.77. The van der Waals surface area contributed by atoms with Crippen LogP contribution in [0.4, 0.5) is 0 Å². The molecule has 0 N–H and O–H groups in total. The monoisotopic (exact) mass is 389 g/mol. The van der Waals surface area contributed by atoms with Crippen LogP contribution >= 0.6 is 0 Å². The average Bonchev–Trinajstić information content (AvgIpc) is 3.09. The molecule has 4 aliphatic rings. The zero-order chi connectivity index (χ0) is 26.0. The summed E-state index contributed by atoms with van der Waals surface area (Å²) in [7, 11) is 0. The quantitative estimate of drug-likeness (QED) is 0.479. The molecule has 0 aromatic heterocycles. The molecule has 0 amide bonds. The van der Waals surface area contributed by atoms with Crippen LogP contribution in [0.5, 0.6) is 0 Å². The molecule has 4 aliphatic carbocycles. The summed E-state index contributed by atoms with van der Waals surface area (Å²) in [5.74, 6) is 0.472. The first kappa shape index (κ1) is 13.5. The van der Waals surface area contributed by atoms with E-state index in [0.717, 1.165) is 19.3 Å². The minimum atomic E-state index is -2.83. The van der Waals surface area contributed by atoms with Gasteiger partial charge in [0.15, 0.2) is 5.78 Å².